The Labute approximate surface area is 186 Å². The number of nitrogens with zero attached hydrogens (tertiary/aromatic N) is 4. The molecule has 1 aliphatic heterocycles. The van der Waals surface area contributed by atoms with Crippen LogP contribution in [0.4, 0.5) is 10.1 Å². The number of aliphatic hydroxyl groups excluding tert-OH is 2. The van der Waals surface area contributed by atoms with E-state index in [1.807, 2.05) is 45.0 Å². The van der Waals surface area contributed by atoms with Gasteiger partial charge in [0.1, 0.15) is 18.1 Å². The van der Waals surface area contributed by atoms with Crippen LogP contribution < -0.4 is 10.6 Å². The van der Waals surface area contributed by atoms with E-state index in [-0.39, 0.29) is 23.5 Å². The molecule has 8 heteroatoms. The summed E-state index contributed by atoms with van der Waals surface area (Å²) in [5.41, 5.74) is 2.77. The molecule has 0 unspecified atom stereocenters. The number of hydrogen-bond acceptors (Lipinski definition) is 5. The molecule has 1 aliphatic rings. The fourth-order valence-corrected chi connectivity index (χ4v) is 4.63. The van der Waals surface area contributed by atoms with Crippen molar-refractivity contribution in [2.45, 2.75) is 58.9 Å². The van der Waals surface area contributed by atoms with Crippen LogP contribution in [0.5, 0.6) is 0 Å². The van der Waals surface area contributed by atoms with Gasteiger partial charge in [0, 0.05) is 36.3 Å². The van der Waals surface area contributed by atoms with Gasteiger partial charge in [-0.2, -0.15) is 4.68 Å². The van der Waals surface area contributed by atoms with E-state index in [1.165, 1.54) is 10.6 Å². The number of halogens is 1. The minimum atomic E-state index is -0.887. The summed E-state index contributed by atoms with van der Waals surface area (Å²) in [6, 6.07) is 10.9. The van der Waals surface area contributed by atoms with E-state index in [0.717, 1.165) is 15.8 Å². The average molecular weight is 441 g/mol. The minimum absolute atomic E-state index is 0.00263. The molecule has 1 aromatic heterocycles. The molecule has 0 radical (unpaired) electrons. The Hall–Kier alpha value is -2.97. The van der Waals surface area contributed by atoms with Crippen LogP contribution in [0.3, 0.4) is 0 Å². The monoisotopic (exact) mass is 440 g/mol. The topological polar surface area (TPSA) is 83.5 Å². The van der Waals surface area contributed by atoms with Crippen LogP contribution in [0.1, 0.15) is 55.3 Å². The number of hydrogen-bond donors (Lipinski definition) is 2. The highest BCUT2D eigenvalue weighted by atomic mass is 19.1. The normalized spacial score (nSPS) is 18.3. The molecule has 0 fully saturated rings. The van der Waals surface area contributed by atoms with E-state index >= 15 is 4.39 Å². The van der Waals surface area contributed by atoms with Crippen LogP contribution in [0.25, 0.3) is 5.69 Å². The molecule has 2 heterocycles. The van der Waals surface area contributed by atoms with Gasteiger partial charge in [0.05, 0.1) is 6.10 Å². The Morgan fingerprint density at radius 1 is 1.19 bits per heavy atom. The van der Waals surface area contributed by atoms with E-state index in [1.54, 1.807) is 13.0 Å². The summed E-state index contributed by atoms with van der Waals surface area (Å²) in [5, 5.41) is 24.9. The van der Waals surface area contributed by atoms with Crippen molar-refractivity contribution in [1.82, 2.24) is 14.3 Å². The molecular formula is C24H29FN4O3. The Balaban J connectivity index is 1.88. The first-order valence-electron chi connectivity index (χ1n) is 10.9. The van der Waals surface area contributed by atoms with E-state index < -0.39 is 24.2 Å². The minimum Gasteiger partial charge on any atom is -0.388 e. The lowest BCUT2D eigenvalue weighted by Gasteiger charge is -2.42. The summed E-state index contributed by atoms with van der Waals surface area (Å²) in [7, 11) is 0. The first-order valence-corrected chi connectivity index (χ1v) is 10.9. The van der Waals surface area contributed by atoms with Crippen molar-refractivity contribution >= 4 is 5.69 Å². The van der Waals surface area contributed by atoms with Crippen LogP contribution in [-0.4, -0.2) is 37.1 Å². The van der Waals surface area contributed by atoms with Gasteiger partial charge in [-0.15, -0.1) is 5.10 Å². The Kier molecular flexibility index (Phi) is 5.92. The number of aromatic nitrogens is 3. The van der Waals surface area contributed by atoms with Gasteiger partial charge in [-0.3, -0.25) is 4.57 Å². The van der Waals surface area contributed by atoms with Crippen LogP contribution in [0.2, 0.25) is 0 Å². The summed E-state index contributed by atoms with van der Waals surface area (Å²) >= 11 is 0. The summed E-state index contributed by atoms with van der Waals surface area (Å²) in [6.45, 7) is 8.31. The van der Waals surface area contributed by atoms with Crippen LogP contribution in [-0.2, 0) is 13.2 Å². The number of aryl methyl sites for hydroxylation is 1. The maximum absolute atomic E-state index is 15.3. The van der Waals surface area contributed by atoms with E-state index in [4.69, 9.17) is 0 Å². The van der Waals surface area contributed by atoms with Crippen molar-refractivity contribution in [2.75, 3.05) is 11.4 Å². The van der Waals surface area contributed by atoms with Crippen molar-refractivity contribution in [2.24, 2.45) is 0 Å². The zero-order valence-corrected chi connectivity index (χ0v) is 18.8. The van der Waals surface area contributed by atoms with Crippen LogP contribution >= 0.6 is 0 Å². The molecule has 2 aromatic carbocycles. The number of rotatable bonds is 5. The molecule has 2 atom stereocenters. The Morgan fingerprint density at radius 2 is 1.91 bits per heavy atom. The summed E-state index contributed by atoms with van der Waals surface area (Å²) in [5.74, 6) is -0.682. The lowest BCUT2D eigenvalue weighted by molar-refractivity contribution is 0.139. The molecule has 170 valence electrons. The number of fused-ring (bicyclic) bond motifs is 1. The summed E-state index contributed by atoms with van der Waals surface area (Å²) in [4.78, 5) is 14.9. The van der Waals surface area contributed by atoms with Gasteiger partial charge in [0.2, 0.25) is 0 Å². The second-order valence-electron chi connectivity index (χ2n) is 8.53. The van der Waals surface area contributed by atoms with E-state index in [9.17, 15) is 15.0 Å². The van der Waals surface area contributed by atoms with Gasteiger partial charge in [0.15, 0.2) is 5.82 Å². The SMILES string of the molecule is CCn1c(CO)nn(-c2cc3c(cc2F)[C@@H](O)[C@@H](c2ccccc2C)CN3C(C)C)c1=O. The molecule has 4 rings (SSSR count). The largest absolute Gasteiger partial charge is 0.388 e. The molecule has 0 saturated carbocycles. The fourth-order valence-electron chi connectivity index (χ4n) is 4.63. The predicted molar refractivity (Wildman–Crippen MR) is 121 cm³/mol. The van der Waals surface area contributed by atoms with Crippen molar-refractivity contribution in [3.05, 3.63) is 75.2 Å². The Morgan fingerprint density at radius 3 is 2.50 bits per heavy atom. The third-order valence-corrected chi connectivity index (χ3v) is 6.33. The summed E-state index contributed by atoms with van der Waals surface area (Å²) < 4.78 is 17.6. The molecule has 3 aromatic rings. The molecule has 2 N–H and O–H groups in total. The zero-order chi connectivity index (χ0) is 23.2. The second-order valence-corrected chi connectivity index (χ2v) is 8.53. The quantitative estimate of drug-likeness (QED) is 0.637. The first-order chi connectivity index (χ1) is 15.3. The number of anilines is 1. The summed E-state index contributed by atoms with van der Waals surface area (Å²) in [6.07, 6.45) is -0.887. The van der Waals surface area contributed by atoms with Gasteiger partial charge in [-0.1, -0.05) is 24.3 Å². The van der Waals surface area contributed by atoms with Crippen LogP contribution in [0.15, 0.2) is 41.2 Å². The highest BCUT2D eigenvalue weighted by Crippen LogP contribution is 2.44. The van der Waals surface area contributed by atoms with Gasteiger partial charge < -0.3 is 15.1 Å². The number of benzene rings is 2. The van der Waals surface area contributed by atoms with E-state index in [0.29, 0.717) is 24.3 Å². The average Bonchev–Trinajstić information content (AvgIpc) is 3.09. The zero-order valence-electron chi connectivity index (χ0n) is 18.8. The maximum Gasteiger partial charge on any atom is 0.350 e. The lowest BCUT2D eigenvalue weighted by atomic mass is 9.82. The smallest absolute Gasteiger partial charge is 0.350 e. The van der Waals surface area contributed by atoms with Crippen molar-refractivity contribution in [1.29, 1.82) is 0 Å². The molecule has 0 aliphatic carbocycles. The van der Waals surface area contributed by atoms with E-state index in [2.05, 4.69) is 10.00 Å². The molecular weight excluding hydrogens is 411 g/mol. The second kappa shape index (κ2) is 8.52. The predicted octanol–water partition coefficient (Wildman–Crippen LogP) is 3.04. The Bertz CT molecular complexity index is 1200. The van der Waals surface area contributed by atoms with Gasteiger partial charge in [0.25, 0.3) is 0 Å². The molecule has 0 saturated heterocycles. The highest BCUT2D eigenvalue weighted by molar-refractivity contribution is 5.64. The maximum atomic E-state index is 15.3. The van der Waals surface area contributed by atoms with Crippen LogP contribution in [0, 0.1) is 12.7 Å². The fraction of sp³-hybridized carbons (Fsp3) is 0.417. The van der Waals surface area contributed by atoms with Gasteiger partial charge in [-0.05, 0) is 51.0 Å². The molecule has 7 nitrogen and oxygen atoms in total. The van der Waals surface area contributed by atoms with Crippen molar-refractivity contribution in [3.63, 3.8) is 0 Å². The third-order valence-electron chi connectivity index (χ3n) is 6.33. The standard InChI is InChI=1S/C24H29FN4O3/c1-5-27-22(13-30)26-29(24(27)32)21-11-20-17(10-19(21)25)23(31)18(12-28(20)14(2)3)16-9-7-6-8-15(16)4/h6-11,14,18,23,30-31H,5,12-13H2,1-4H3/t18-,23-/m1/s1. The molecule has 0 amide bonds. The first kappa shape index (κ1) is 22.2. The van der Waals surface area contributed by atoms with Crippen molar-refractivity contribution in [3.8, 4) is 5.69 Å². The van der Waals surface area contributed by atoms with Gasteiger partial charge in [-0.25, -0.2) is 9.18 Å². The van der Waals surface area contributed by atoms with Crippen molar-refractivity contribution < 1.29 is 14.6 Å². The molecule has 0 bridgehead atoms. The number of aliphatic hydroxyl groups is 2. The molecule has 32 heavy (non-hydrogen) atoms. The lowest BCUT2D eigenvalue weighted by Crippen LogP contribution is -2.41. The molecule has 0 spiro atoms. The van der Waals surface area contributed by atoms with Gasteiger partial charge >= 0.3 is 5.69 Å². The highest BCUT2D eigenvalue weighted by Gasteiger charge is 2.36. The third kappa shape index (κ3) is 3.53.